The number of nitrogens with one attached hydrogen (secondary N) is 2. The highest BCUT2D eigenvalue weighted by molar-refractivity contribution is 9.10. The van der Waals surface area contributed by atoms with Crippen molar-refractivity contribution in [2.45, 2.75) is 26.8 Å². The summed E-state index contributed by atoms with van der Waals surface area (Å²) in [5.74, 6) is 1.34. The van der Waals surface area contributed by atoms with Gasteiger partial charge in [0.2, 0.25) is 5.95 Å². The SMILES string of the molecule is Cc1cc(Br)ccc1Nc1cc(-c2ccccn2)nc(N[C@H](CO)C(C)C)n1. The molecular weight excluding hydrogens is 418 g/mol. The van der Waals surface area contributed by atoms with Crippen molar-refractivity contribution in [3.8, 4) is 11.4 Å². The summed E-state index contributed by atoms with van der Waals surface area (Å²) in [4.78, 5) is 13.6. The molecule has 1 aromatic carbocycles. The Morgan fingerprint density at radius 1 is 1.07 bits per heavy atom. The number of anilines is 3. The molecule has 0 aliphatic heterocycles. The second-order valence-corrected chi connectivity index (χ2v) is 7.85. The van der Waals surface area contributed by atoms with Crippen LogP contribution in [0.25, 0.3) is 11.4 Å². The molecule has 146 valence electrons. The maximum absolute atomic E-state index is 9.66. The van der Waals surface area contributed by atoms with Gasteiger partial charge in [-0.1, -0.05) is 35.8 Å². The second kappa shape index (κ2) is 9.12. The number of aliphatic hydroxyl groups excluding tert-OH is 1. The van der Waals surface area contributed by atoms with E-state index in [4.69, 9.17) is 0 Å². The van der Waals surface area contributed by atoms with Gasteiger partial charge in [0.25, 0.3) is 0 Å². The molecule has 0 aliphatic carbocycles. The molecule has 0 bridgehead atoms. The third kappa shape index (κ3) is 5.05. The first-order valence-corrected chi connectivity index (χ1v) is 9.96. The van der Waals surface area contributed by atoms with Crippen LogP contribution in [0, 0.1) is 12.8 Å². The van der Waals surface area contributed by atoms with Gasteiger partial charge in [-0.05, 0) is 48.7 Å². The van der Waals surface area contributed by atoms with Crippen molar-refractivity contribution in [2.24, 2.45) is 5.92 Å². The fourth-order valence-corrected chi connectivity index (χ4v) is 3.19. The topological polar surface area (TPSA) is 83.0 Å². The van der Waals surface area contributed by atoms with Gasteiger partial charge in [-0.2, -0.15) is 4.98 Å². The van der Waals surface area contributed by atoms with E-state index >= 15 is 0 Å². The zero-order valence-corrected chi connectivity index (χ0v) is 17.7. The number of pyridine rings is 1. The third-order valence-electron chi connectivity index (χ3n) is 4.42. The van der Waals surface area contributed by atoms with Crippen LogP contribution in [0.15, 0.2) is 53.1 Å². The van der Waals surface area contributed by atoms with Crippen LogP contribution in [-0.2, 0) is 0 Å². The van der Waals surface area contributed by atoms with Crippen molar-refractivity contribution in [3.05, 3.63) is 58.7 Å². The van der Waals surface area contributed by atoms with E-state index in [0.717, 1.165) is 21.4 Å². The van der Waals surface area contributed by atoms with Crippen molar-refractivity contribution < 1.29 is 5.11 Å². The Labute approximate surface area is 173 Å². The Balaban J connectivity index is 1.99. The number of nitrogens with zero attached hydrogens (tertiary/aromatic N) is 3. The molecule has 0 amide bonds. The van der Waals surface area contributed by atoms with Crippen molar-refractivity contribution >= 4 is 33.4 Å². The van der Waals surface area contributed by atoms with Gasteiger partial charge in [-0.3, -0.25) is 4.98 Å². The van der Waals surface area contributed by atoms with Crippen molar-refractivity contribution in [3.63, 3.8) is 0 Å². The number of aromatic nitrogens is 3. The van der Waals surface area contributed by atoms with Crippen LogP contribution in [-0.4, -0.2) is 32.7 Å². The first-order valence-electron chi connectivity index (χ1n) is 9.17. The summed E-state index contributed by atoms with van der Waals surface area (Å²) in [7, 11) is 0. The summed E-state index contributed by atoms with van der Waals surface area (Å²) in [6.45, 7) is 6.12. The molecule has 6 nitrogen and oxygen atoms in total. The first-order chi connectivity index (χ1) is 13.5. The van der Waals surface area contributed by atoms with Crippen LogP contribution in [0.1, 0.15) is 19.4 Å². The van der Waals surface area contributed by atoms with Gasteiger partial charge in [0.1, 0.15) is 5.82 Å². The highest BCUT2D eigenvalue weighted by Gasteiger charge is 2.15. The number of halogens is 1. The van der Waals surface area contributed by atoms with Gasteiger partial charge in [-0.15, -0.1) is 0 Å². The molecule has 3 aromatic rings. The lowest BCUT2D eigenvalue weighted by Crippen LogP contribution is -2.30. The highest BCUT2D eigenvalue weighted by Crippen LogP contribution is 2.26. The van der Waals surface area contributed by atoms with Crippen LogP contribution >= 0.6 is 15.9 Å². The quantitative estimate of drug-likeness (QED) is 0.489. The first kappa shape index (κ1) is 20.2. The van der Waals surface area contributed by atoms with E-state index in [-0.39, 0.29) is 18.6 Å². The molecule has 1 atom stereocenters. The molecular formula is C21H24BrN5O. The van der Waals surface area contributed by atoms with E-state index in [9.17, 15) is 5.11 Å². The van der Waals surface area contributed by atoms with Crippen molar-refractivity contribution in [1.29, 1.82) is 0 Å². The predicted octanol–water partition coefficient (Wildman–Crippen LogP) is 4.78. The van der Waals surface area contributed by atoms with Gasteiger partial charge in [-0.25, -0.2) is 4.98 Å². The Bertz CT molecular complexity index is 933. The van der Waals surface area contributed by atoms with Crippen LogP contribution in [0.4, 0.5) is 17.5 Å². The Morgan fingerprint density at radius 2 is 1.89 bits per heavy atom. The smallest absolute Gasteiger partial charge is 0.225 e. The van der Waals surface area contributed by atoms with Gasteiger partial charge in [0.05, 0.1) is 24.0 Å². The summed E-state index contributed by atoms with van der Waals surface area (Å²) in [6.07, 6.45) is 1.74. The molecule has 0 fully saturated rings. The average Bonchev–Trinajstić information content (AvgIpc) is 2.68. The maximum Gasteiger partial charge on any atom is 0.225 e. The summed E-state index contributed by atoms with van der Waals surface area (Å²) >= 11 is 3.49. The van der Waals surface area contributed by atoms with Crippen LogP contribution < -0.4 is 10.6 Å². The molecule has 2 heterocycles. The molecule has 2 aromatic heterocycles. The van der Waals surface area contributed by atoms with E-state index < -0.39 is 0 Å². The van der Waals surface area contributed by atoms with E-state index in [0.29, 0.717) is 17.5 Å². The number of rotatable bonds is 7. The molecule has 3 rings (SSSR count). The number of hydrogen-bond acceptors (Lipinski definition) is 6. The minimum absolute atomic E-state index is 0.00340. The van der Waals surface area contributed by atoms with Crippen LogP contribution in [0.5, 0.6) is 0 Å². The molecule has 0 saturated carbocycles. The molecule has 3 N–H and O–H groups in total. The normalized spacial score (nSPS) is 12.1. The second-order valence-electron chi connectivity index (χ2n) is 6.94. The van der Waals surface area contributed by atoms with E-state index in [1.54, 1.807) is 6.20 Å². The van der Waals surface area contributed by atoms with Gasteiger partial charge in [0, 0.05) is 22.4 Å². The highest BCUT2D eigenvalue weighted by atomic mass is 79.9. The molecule has 0 unspecified atom stereocenters. The van der Waals surface area contributed by atoms with Crippen molar-refractivity contribution in [2.75, 3.05) is 17.2 Å². The minimum Gasteiger partial charge on any atom is -0.394 e. The fraction of sp³-hybridized carbons (Fsp3) is 0.286. The summed E-state index contributed by atoms with van der Waals surface area (Å²) in [6, 6.07) is 13.5. The standard InChI is InChI=1S/C21H24BrN5O/c1-13(2)19(12-28)26-21-25-18(17-6-4-5-9-23-17)11-20(27-21)24-16-8-7-15(22)10-14(16)3/h4-11,13,19,28H,12H2,1-3H3,(H2,24,25,26,27)/t19-/m1/s1. The Morgan fingerprint density at radius 3 is 2.54 bits per heavy atom. The number of aryl methyl sites for hydroxylation is 1. The number of benzene rings is 1. The average molecular weight is 442 g/mol. The van der Waals surface area contributed by atoms with Gasteiger partial charge < -0.3 is 15.7 Å². The van der Waals surface area contributed by atoms with Crippen molar-refractivity contribution in [1.82, 2.24) is 15.0 Å². The van der Waals surface area contributed by atoms with E-state index in [1.807, 2.05) is 63.2 Å². The predicted molar refractivity (Wildman–Crippen MR) is 117 cm³/mol. The lowest BCUT2D eigenvalue weighted by atomic mass is 10.1. The maximum atomic E-state index is 9.66. The Kier molecular flexibility index (Phi) is 6.59. The largest absolute Gasteiger partial charge is 0.394 e. The van der Waals surface area contributed by atoms with Crippen LogP contribution in [0.3, 0.4) is 0 Å². The number of hydrogen-bond donors (Lipinski definition) is 3. The molecule has 0 aliphatic rings. The monoisotopic (exact) mass is 441 g/mol. The lowest BCUT2D eigenvalue weighted by molar-refractivity contribution is 0.248. The summed E-state index contributed by atoms with van der Waals surface area (Å²) in [5.41, 5.74) is 3.52. The molecule has 28 heavy (non-hydrogen) atoms. The van der Waals surface area contributed by atoms with E-state index in [1.165, 1.54) is 0 Å². The summed E-state index contributed by atoms with van der Waals surface area (Å²) in [5, 5.41) is 16.3. The number of aliphatic hydroxyl groups is 1. The zero-order chi connectivity index (χ0) is 20.1. The summed E-state index contributed by atoms with van der Waals surface area (Å²) < 4.78 is 1.03. The van der Waals surface area contributed by atoms with E-state index in [2.05, 4.69) is 41.5 Å². The van der Waals surface area contributed by atoms with Crippen LogP contribution in [0.2, 0.25) is 0 Å². The fourth-order valence-electron chi connectivity index (χ4n) is 2.72. The minimum atomic E-state index is -0.138. The Hall–Kier alpha value is -2.51. The zero-order valence-electron chi connectivity index (χ0n) is 16.1. The molecule has 0 saturated heterocycles. The third-order valence-corrected chi connectivity index (χ3v) is 4.91. The molecule has 0 spiro atoms. The van der Waals surface area contributed by atoms with Gasteiger partial charge >= 0.3 is 0 Å². The van der Waals surface area contributed by atoms with Gasteiger partial charge in [0.15, 0.2) is 0 Å². The molecule has 7 heteroatoms. The lowest BCUT2D eigenvalue weighted by Gasteiger charge is -2.20. The molecule has 0 radical (unpaired) electrons.